The molecule has 6 nitrogen and oxygen atoms in total. The summed E-state index contributed by atoms with van der Waals surface area (Å²) in [7, 11) is 0. The van der Waals surface area contributed by atoms with Crippen molar-refractivity contribution in [2.45, 2.75) is 59.0 Å². The molecule has 0 spiro atoms. The number of carbonyl (C=O) groups excluding carboxylic acids is 1. The number of nitrogens with zero attached hydrogens (tertiary/aromatic N) is 3. The number of aromatic nitrogens is 3. The lowest BCUT2D eigenvalue weighted by Crippen LogP contribution is -2.14. The third-order valence-electron chi connectivity index (χ3n) is 5.72. The molecule has 32 heavy (non-hydrogen) atoms. The zero-order chi connectivity index (χ0) is 22.5. The number of pyridine rings is 1. The molecule has 0 atom stereocenters. The van der Waals surface area contributed by atoms with Crippen molar-refractivity contribution >= 4 is 17.4 Å². The first kappa shape index (κ1) is 21.9. The van der Waals surface area contributed by atoms with E-state index in [2.05, 4.69) is 59.2 Å². The molecule has 2 heterocycles. The Morgan fingerprint density at radius 2 is 1.88 bits per heavy atom. The van der Waals surface area contributed by atoms with Crippen LogP contribution in [0.3, 0.4) is 0 Å². The Balaban J connectivity index is 1.47. The molecule has 1 fully saturated rings. The van der Waals surface area contributed by atoms with Crippen molar-refractivity contribution in [2.75, 3.05) is 5.32 Å². The first-order valence-electron chi connectivity index (χ1n) is 11.3. The predicted molar refractivity (Wildman–Crippen MR) is 126 cm³/mol. The van der Waals surface area contributed by atoms with Crippen molar-refractivity contribution in [1.29, 1.82) is 0 Å². The monoisotopic (exact) mass is 430 g/mol. The van der Waals surface area contributed by atoms with Gasteiger partial charge >= 0.3 is 0 Å². The molecule has 166 valence electrons. The Kier molecular flexibility index (Phi) is 6.78. The first-order valence-corrected chi connectivity index (χ1v) is 11.3. The third kappa shape index (κ3) is 5.31. The van der Waals surface area contributed by atoms with Crippen LogP contribution in [-0.2, 0) is 6.42 Å². The van der Waals surface area contributed by atoms with Gasteiger partial charge in [0.05, 0.1) is 23.4 Å². The van der Waals surface area contributed by atoms with Gasteiger partial charge in [-0.15, -0.1) is 0 Å². The van der Waals surface area contributed by atoms with Crippen LogP contribution in [0.25, 0.3) is 0 Å². The van der Waals surface area contributed by atoms with E-state index in [1.807, 2.05) is 0 Å². The molecule has 1 saturated carbocycles. The van der Waals surface area contributed by atoms with Gasteiger partial charge in [-0.2, -0.15) is 0 Å². The smallest absolute Gasteiger partial charge is 0.227 e. The summed E-state index contributed by atoms with van der Waals surface area (Å²) in [5, 5.41) is 3.25. The summed E-state index contributed by atoms with van der Waals surface area (Å²) in [6.45, 7) is 6.50. The zero-order valence-electron chi connectivity index (χ0n) is 19.0. The molecular weight excluding hydrogens is 400 g/mol. The van der Waals surface area contributed by atoms with Gasteiger partial charge in [-0.05, 0) is 68.2 Å². The molecule has 1 aliphatic carbocycles. The lowest BCUT2D eigenvalue weighted by Gasteiger charge is -2.15. The Hall–Kier alpha value is -3.28. The van der Waals surface area contributed by atoms with Gasteiger partial charge in [0.25, 0.3) is 0 Å². The number of aryl methyl sites for hydroxylation is 1. The van der Waals surface area contributed by atoms with E-state index in [-0.39, 0.29) is 11.9 Å². The normalized spacial score (nSPS) is 14.0. The number of hydrogen-bond acceptors (Lipinski definition) is 6. The molecule has 1 aromatic carbocycles. The number of ketones is 1. The number of benzene rings is 1. The molecule has 3 aromatic rings. The highest BCUT2D eigenvalue weighted by molar-refractivity contribution is 6.10. The number of nitrogens with one attached hydrogen (secondary N) is 1. The average Bonchev–Trinajstić information content (AvgIpc) is 3.29. The summed E-state index contributed by atoms with van der Waals surface area (Å²) in [5.74, 6) is 1.44. The fourth-order valence-electron chi connectivity index (χ4n) is 4.10. The van der Waals surface area contributed by atoms with Gasteiger partial charge in [0.2, 0.25) is 5.95 Å². The molecule has 4 rings (SSSR count). The van der Waals surface area contributed by atoms with Crippen LogP contribution in [-0.4, -0.2) is 26.8 Å². The predicted octanol–water partition coefficient (Wildman–Crippen LogP) is 5.67. The maximum absolute atomic E-state index is 13.1. The Morgan fingerprint density at radius 3 is 2.56 bits per heavy atom. The summed E-state index contributed by atoms with van der Waals surface area (Å²) < 4.78 is 6.06. The minimum absolute atomic E-state index is 0.156. The highest BCUT2D eigenvalue weighted by Crippen LogP contribution is 2.27. The van der Waals surface area contributed by atoms with Crippen molar-refractivity contribution in [2.24, 2.45) is 5.92 Å². The van der Waals surface area contributed by atoms with Crippen LogP contribution in [0.5, 0.6) is 5.75 Å². The average molecular weight is 431 g/mol. The SMILES string of the molecule is Cc1cc(CC(C)C)ccc1Nc1ncc(C(=O)c2ccncc2OC2CCCC2)cn1. The van der Waals surface area contributed by atoms with E-state index >= 15 is 0 Å². The molecule has 0 saturated heterocycles. The summed E-state index contributed by atoms with van der Waals surface area (Å²) in [6.07, 6.45) is 11.9. The van der Waals surface area contributed by atoms with E-state index in [1.54, 1.807) is 30.9 Å². The second-order valence-corrected chi connectivity index (χ2v) is 8.89. The fourth-order valence-corrected chi connectivity index (χ4v) is 4.10. The number of rotatable bonds is 8. The van der Waals surface area contributed by atoms with Gasteiger partial charge in [0, 0.05) is 24.3 Å². The molecule has 0 bridgehead atoms. The van der Waals surface area contributed by atoms with Crippen molar-refractivity contribution in [3.63, 3.8) is 0 Å². The van der Waals surface area contributed by atoms with Gasteiger partial charge in [-0.3, -0.25) is 9.78 Å². The van der Waals surface area contributed by atoms with E-state index in [9.17, 15) is 4.79 Å². The number of hydrogen-bond donors (Lipinski definition) is 1. The quantitative estimate of drug-likeness (QED) is 0.464. The molecule has 1 aliphatic rings. The van der Waals surface area contributed by atoms with E-state index in [1.165, 1.54) is 5.56 Å². The largest absolute Gasteiger partial charge is 0.488 e. The van der Waals surface area contributed by atoms with Crippen LogP contribution in [0, 0.1) is 12.8 Å². The highest BCUT2D eigenvalue weighted by atomic mass is 16.5. The van der Waals surface area contributed by atoms with Gasteiger partial charge < -0.3 is 10.1 Å². The van der Waals surface area contributed by atoms with Crippen LogP contribution < -0.4 is 10.1 Å². The van der Waals surface area contributed by atoms with Gasteiger partial charge in [-0.1, -0.05) is 26.0 Å². The fraction of sp³-hybridized carbons (Fsp3) is 0.385. The van der Waals surface area contributed by atoms with E-state index in [4.69, 9.17) is 4.74 Å². The number of anilines is 2. The first-order chi connectivity index (χ1) is 15.5. The van der Waals surface area contributed by atoms with Crippen molar-refractivity contribution < 1.29 is 9.53 Å². The Labute approximate surface area is 189 Å². The summed E-state index contributed by atoms with van der Waals surface area (Å²) in [5.41, 5.74) is 4.32. The van der Waals surface area contributed by atoms with Gasteiger partial charge in [-0.25, -0.2) is 9.97 Å². The van der Waals surface area contributed by atoms with Crippen molar-refractivity contribution in [3.05, 3.63) is 71.3 Å². The Morgan fingerprint density at radius 1 is 1.12 bits per heavy atom. The second-order valence-electron chi connectivity index (χ2n) is 8.89. The van der Waals surface area contributed by atoms with Crippen LogP contribution >= 0.6 is 0 Å². The molecule has 0 radical (unpaired) electrons. The van der Waals surface area contributed by atoms with Gasteiger partial charge in [0.1, 0.15) is 5.75 Å². The van der Waals surface area contributed by atoms with Gasteiger partial charge in [0.15, 0.2) is 5.78 Å². The lowest BCUT2D eigenvalue weighted by atomic mass is 10.0. The summed E-state index contributed by atoms with van der Waals surface area (Å²) in [4.78, 5) is 25.9. The number of carbonyl (C=O) groups is 1. The van der Waals surface area contributed by atoms with Crippen LogP contribution in [0.2, 0.25) is 0 Å². The molecular formula is C26H30N4O2. The molecule has 0 aliphatic heterocycles. The standard InChI is InChI=1S/C26H30N4O2/c1-17(2)12-19-8-9-23(18(3)13-19)30-26-28-14-20(15-29-26)25(31)22-10-11-27-16-24(22)32-21-6-4-5-7-21/h8-11,13-17,21H,4-7,12H2,1-3H3,(H,28,29,30). The second kappa shape index (κ2) is 9.90. The third-order valence-corrected chi connectivity index (χ3v) is 5.72. The van der Waals surface area contributed by atoms with Crippen molar-refractivity contribution in [3.8, 4) is 5.75 Å². The van der Waals surface area contributed by atoms with E-state index in [0.717, 1.165) is 43.4 Å². The lowest BCUT2D eigenvalue weighted by molar-refractivity contribution is 0.103. The van der Waals surface area contributed by atoms with E-state index in [0.29, 0.717) is 28.7 Å². The maximum Gasteiger partial charge on any atom is 0.227 e. The van der Waals surface area contributed by atoms with Crippen molar-refractivity contribution in [1.82, 2.24) is 15.0 Å². The van der Waals surface area contributed by atoms with Crippen LogP contribution in [0.1, 0.15) is 66.6 Å². The molecule has 1 N–H and O–H groups in total. The number of ether oxygens (including phenoxy) is 1. The summed E-state index contributed by atoms with van der Waals surface area (Å²) >= 11 is 0. The maximum atomic E-state index is 13.1. The molecule has 6 heteroatoms. The van der Waals surface area contributed by atoms with Crippen LogP contribution in [0.4, 0.5) is 11.6 Å². The highest BCUT2D eigenvalue weighted by Gasteiger charge is 2.21. The Bertz CT molecular complexity index is 1070. The zero-order valence-corrected chi connectivity index (χ0v) is 19.0. The minimum atomic E-state index is -0.166. The molecule has 0 amide bonds. The van der Waals surface area contributed by atoms with Crippen LogP contribution in [0.15, 0.2) is 49.1 Å². The molecule has 2 aromatic heterocycles. The topological polar surface area (TPSA) is 77.0 Å². The van der Waals surface area contributed by atoms with E-state index < -0.39 is 0 Å². The summed E-state index contributed by atoms with van der Waals surface area (Å²) in [6, 6.07) is 8.07. The molecule has 0 unspecified atom stereocenters. The minimum Gasteiger partial charge on any atom is -0.488 e.